The molecule has 2 aliphatic heterocycles. The number of H-pyrrole nitrogens is 1. The molecule has 2 aliphatic rings. The lowest BCUT2D eigenvalue weighted by Crippen LogP contribution is -2.44. The van der Waals surface area contributed by atoms with Crippen molar-refractivity contribution in [2.45, 2.75) is 38.1 Å². The van der Waals surface area contributed by atoms with Crippen LogP contribution in [0.2, 0.25) is 0 Å². The van der Waals surface area contributed by atoms with Crippen LogP contribution in [0.5, 0.6) is 0 Å². The fraction of sp³-hybridized carbons (Fsp3) is 0.400. The molecule has 2 saturated heterocycles. The summed E-state index contributed by atoms with van der Waals surface area (Å²) < 4.78 is 0. The molecule has 1 aromatic heterocycles. The summed E-state index contributed by atoms with van der Waals surface area (Å²) in [6.45, 7) is 5.58. The van der Waals surface area contributed by atoms with E-state index in [2.05, 4.69) is 32.2 Å². The molecule has 0 bridgehead atoms. The number of piperidine rings is 1. The zero-order valence-corrected chi connectivity index (χ0v) is 18.4. The number of nitrogens with zero attached hydrogens (tertiary/aromatic N) is 3. The van der Waals surface area contributed by atoms with Crippen molar-refractivity contribution in [3.63, 3.8) is 0 Å². The van der Waals surface area contributed by atoms with Crippen LogP contribution in [0.1, 0.15) is 37.9 Å². The summed E-state index contributed by atoms with van der Waals surface area (Å²) >= 11 is 0. The molecular formula is C25H29N5O2. The van der Waals surface area contributed by atoms with Crippen molar-refractivity contribution in [2.75, 3.05) is 36.4 Å². The van der Waals surface area contributed by atoms with Crippen LogP contribution in [0.4, 0.5) is 11.4 Å². The zero-order valence-electron chi connectivity index (χ0n) is 18.4. The van der Waals surface area contributed by atoms with E-state index in [0.717, 1.165) is 62.5 Å². The third-order valence-electron chi connectivity index (χ3n) is 6.77. The van der Waals surface area contributed by atoms with Gasteiger partial charge in [-0.15, -0.1) is 0 Å². The Hall–Kier alpha value is -3.19. The standard InChI is InChI=1S/C25H29N5O2/c1-17(31)26-19-6-8-20(9-7-19)29-14-11-21(12-15-29)30-13-10-18(16-30)24-27-23-5-3-2-4-22(23)25(32)28-24/h2-9,18,21H,10-16H2,1H3,(H,26,31)(H,27,28,32). The second-order valence-corrected chi connectivity index (χ2v) is 8.90. The molecule has 5 rings (SSSR count). The summed E-state index contributed by atoms with van der Waals surface area (Å²) in [5.41, 5.74) is 2.78. The highest BCUT2D eigenvalue weighted by atomic mass is 16.1. The van der Waals surface area contributed by atoms with E-state index < -0.39 is 0 Å². The minimum atomic E-state index is -0.0505. The number of aromatic amines is 1. The predicted octanol–water partition coefficient (Wildman–Crippen LogP) is 3.34. The smallest absolute Gasteiger partial charge is 0.258 e. The number of carbonyl (C=O) groups excluding carboxylic acids is 1. The number of fused-ring (bicyclic) bond motifs is 1. The normalized spacial score (nSPS) is 20.0. The average Bonchev–Trinajstić information content (AvgIpc) is 3.30. The van der Waals surface area contributed by atoms with Crippen molar-refractivity contribution in [3.05, 3.63) is 64.7 Å². The van der Waals surface area contributed by atoms with E-state index in [4.69, 9.17) is 4.98 Å². The number of para-hydroxylation sites is 1. The molecule has 1 unspecified atom stereocenters. The van der Waals surface area contributed by atoms with Gasteiger partial charge in [0.2, 0.25) is 5.91 Å². The highest BCUT2D eigenvalue weighted by molar-refractivity contribution is 5.88. The number of anilines is 2. The summed E-state index contributed by atoms with van der Waals surface area (Å²) in [4.78, 5) is 36.4. The molecule has 0 saturated carbocycles. The van der Waals surface area contributed by atoms with Crippen LogP contribution in [-0.4, -0.2) is 53.0 Å². The lowest BCUT2D eigenvalue weighted by Gasteiger charge is -2.38. The summed E-state index contributed by atoms with van der Waals surface area (Å²) in [7, 11) is 0. The zero-order chi connectivity index (χ0) is 22.1. The number of likely N-dealkylation sites (tertiary alicyclic amines) is 1. The summed E-state index contributed by atoms with van der Waals surface area (Å²) in [6, 6.07) is 16.2. The van der Waals surface area contributed by atoms with Crippen molar-refractivity contribution in [3.8, 4) is 0 Å². The van der Waals surface area contributed by atoms with Crippen molar-refractivity contribution < 1.29 is 4.79 Å². The van der Waals surface area contributed by atoms with Gasteiger partial charge in [-0.3, -0.25) is 14.5 Å². The van der Waals surface area contributed by atoms with Crippen LogP contribution < -0.4 is 15.8 Å². The van der Waals surface area contributed by atoms with E-state index in [-0.39, 0.29) is 17.4 Å². The van der Waals surface area contributed by atoms with Crippen LogP contribution >= 0.6 is 0 Å². The SMILES string of the molecule is CC(=O)Nc1ccc(N2CCC(N3CCC(c4nc5ccccc5c(=O)[nH]4)C3)CC2)cc1. The molecule has 0 aliphatic carbocycles. The molecule has 0 radical (unpaired) electrons. The minimum absolute atomic E-state index is 0.0399. The molecule has 3 aromatic rings. The van der Waals surface area contributed by atoms with E-state index in [1.165, 1.54) is 12.6 Å². The highest BCUT2D eigenvalue weighted by Crippen LogP contribution is 2.31. The predicted molar refractivity (Wildman–Crippen MR) is 127 cm³/mol. The van der Waals surface area contributed by atoms with E-state index in [1.54, 1.807) is 0 Å². The first-order valence-electron chi connectivity index (χ1n) is 11.4. The van der Waals surface area contributed by atoms with E-state index >= 15 is 0 Å². The Bertz CT molecular complexity index is 1160. The number of nitrogens with one attached hydrogen (secondary N) is 2. The van der Waals surface area contributed by atoms with Crippen molar-refractivity contribution in [1.29, 1.82) is 0 Å². The average molecular weight is 432 g/mol. The second kappa shape index (κ2) is 8.74. The van der Waals surface area contributed by atoms with E-state index in [0.29, 0.717) is 11.4 Å². The highest BCUT2D eigenvalue weighted by Gasteiger charge is 2.32. The maximum absolute atomic E-state index is 12.4. The van der Waals surface area contributed by atoms with E-state index in [1.807, 2.05) is 36.4 Å². The largest absolute Gasteiger partial charge is 0.371 e. The van der Waals surface area contributed by atoms with Gasteiger partial charge in [-0.1, -0.05) is 12.1 Å². The number of carbonyl (C=O) groups is 1. The lowest BCUT2D eigenvalue weighted by molar-refractivity contribution is -0.114. The molecule has 2 N–H and O–H groups in total. The van der Waals surface area contributed by atoms with Gasteiger partial charge in [0.15, 0.2) is 0 Å². The maximum atomic E-state index is 12.4. The molecule has 2 fully saturated rings. The number of aromatic nitrogens is 2. The minimum Gasteiger partial charge on any atom is -0.371 e. The van der Waals surface area contributed by atoms with Crippen LogP contribution in [-0.2, 0) is 4.79 Å². The Morgan fingerprint density at radius 1 is 1.03 bits per heavy atom. The molecule has 1 atom stereocenters. The van der Waals surface area contributed by atoms with Crippen LogP contribution in [0.15, 0.2) is 53.3 Å². The van der Waals surface area contributed by atoms with Gasteiger partial charge in [-0.25, -0.2) is 4.98 Å². The quantitative estimate of drug-likeness (QED) is 0.662. The number of hydrogen-bond donors (Lipinski definition) is 2. The number of benzene rings is 2. The Labute approximate surface area is 187 Å². The number of amides is 1. The first-order chi connectivity index (χ1) is 15.6. The summed E-state index contributed by atoms with van der Waals surface area (Å²) in [5.74, 6) is 1.06. The molecule has 0 spiro atoms. The van der Waals surface area contributed by atoms with Crippen molar-refractivity contribution >= 4 is 28.2 Å². The van der Waals surface area contributed by atoms with Crippen molar-refractivity contribution in [2.24, 2.45) is 0 Å². The molecule has 32 heavy (non-hydrogen) atoms. The topological polar surface area (TPSA) is 81.3 Å². The fourth-order valence-corrected chi connectivity index (χ4v) is 5.09. The van der Waals surface area contributed by atoms with Gasteiger partial charge in [-0.05, 0) is 62.2 Å². The first kappa shape index (κ1) is 20.7. The molecule has 1 amide bonds. The number of hydrogen-bond acceptors (Lipinski definition) is 5. The third-order valence-corrected chi connectivity index (χ3v) is 6.77. The maximum Gasteiger partial charge on any atom is 0.258 e. The first-order valence-corrected chi connectivity index (χ1v) is 11.4. The van der Waals surface area contributed by atoms with Crippen LogP contribution in [0, 0.1) is 0 Å². The van der Waals surface area contributed by atoms with Gasteiger partial charge in [0.05, 0.1) is 10.9 Å². The molecule has 7 heteroatoms. The summed E-state index contributed by atoms with van der Waals surface area (Å²) in [5, 5.41) is 3.47. The third kappa shape index (κ3) is 4.25. The van der Waals surface area contributed by atoms with Gasteiger partial charge >= 0.3 is 0 Å². The molecule has 7 nitrogen and oxygen atoms in total. The van der Waals surface area contributed by atoms with Crippen molar-refractivity contribution in [1.82, 2.24) is 14.9 Å². The molecule has 166 valence electrons. The second-order valence-electron chi connectivity index (χ2n) is 8.90. The van der Waals surface area contributed by atoms with Gasteiger partial charge in [0, 0.05) is 49.9 Å². The van der Waals surface area contributed by atoms with E-state index in [9.17, 15) is 9.59 Å². The van der Waals surface area contributed by atoms with Crippen LogP contribution in [0.3, 0.4) is 0 Å². The Morgan fingerprint density at radius 2 is 1.78 bits per heavy atom. The number of rotatable bonds is 4. The van der Waals surface area contributed by atoms with Crippen LogP contribution in [0.25, 0.3) is 10.9 Å². The fourth-order valence-electron chi connectivity index (χ4n) is 5.09. The molecule has 2 aromatic carbocycles. The van der Waals surface area contributed by atoms with Gasteiger partial charge in [0.1, 0.15) is 5.82 Å². The summed E-state index contributed by atoms with van der Waals surface area (Å²) in [6.07, 6.45) is 3.29. The monoisotopic (exact) mass is 431 g/mol. The Kier molecular flexibility index (Phi) is 5.66. The molecular weight excluding hydrogens is 402 g/mol. The van der Waals surface area contributed by atoms with Gasteiger partial charge in [0.25, 0.3) is 5.56 Å². The lowest BCUT2D eigenvalue weighted by atomic mass is 10.0. The Balaban J connectivity index is 1.19. The Morgan fingerprint density at radius 3 is 2.53 bits per heavy atom. The molecule has 3 heterocycles. The van der Waals surface area contributed by atoms with Gasteiger partial charge in [-0.2, -0.15) is 0 Å². The van der Waals surface area contributed by atoms with Gasteiger partial charge < -0.3 is 15.2 Å².